The quantitative estimate of drug-likeness (QED) is 0.940. The maximum absolute atomic E-state index is 12.8. The van der Waals surface area contributed by atoms with Crippen LogP contribution in [0.3, 0.4) is 0 Å². The van der Waals surface area contributed by atoms with Gasteiger partial charge in [-0.1, -0.05) is 25.1 Å². The van der Waals surface area contributed by atoms with Crippen LogP contribution in [-0.2, 0) is 6.42 Å². The third-order valence-corrected chi connectivity index (χ3v) is 4.29. The molecule has 0 atom stereocenters. The van der Waals surface area contributed by atoms with Crippen molar-refractivity contribution in [3.8, 4) is 0 Å². The highest BCUT2D eigenvalue weighted by atomic mass is 16.3. The van der Waals surface area contributed by atoms with E-state index >= 15 is 0 Å². The van der Waals surface area contributed by atoms with Crippen LogP contribution in [0, 0.1) is 5.92 Å². The summed E-state index contributed by atoms with van der Waals surface area (Å²) >= 11 is 0. The molecule has 1 saturated carbocycles. The Bertz CT molecular complexity index is 655. The molecular formula is C17H21NO3. The second-order valence-electron chi connectivity index (χ2n) is 5.93. The van der Waals surface area contributed by atoms with E-state index in [1.54, 1.807) is 4.90 Å². The molecule has 1 aromatic carbocycles. The molecule has 3 rings (SSSR count). The fourth-order valence-corrected chi connectivity index (χ4v) is 3.09. The minimum absolute atomic E-state index is 0.0122. The van der Waals surface area contributed by atoms with E-state index in [0.717, 1.165) is 29.6 Å². The van der Waals surface area contributed by atoms with Gasteiger partial charge < -0.3 is 14.4 Å². The molecule has 2 aromatic rings. The number of aliphatic hydroxyl groups is 1. The van der Waals surface area contributed by atoms with Crippen LogP contribution in [0.25, 0.3) is 11.0 Å². The fourth-order valence-electron chi connectivity index (χ4n) is 3.09. The SMILES string of the molecule is CCc1oc2ccccc2c1C(=O)N(C)CC1CC(O)C1. The van der Waals surface area contributed by atoms with Gasteiger partial charge in [-0.05, 0) is 24.8 Å². The first-order valence-electron chi connectivity index (χ1n) is 7.54. The Kier molecular flexibility index (Phi) is 3.72. The van der Waals surface area contributed by atoms with E-state index in [1.807, 2.05) is 38.2 Å². The number of hydrogen-bond acceptors (Lipinski definition) is 3. The minimum atomic E-state index is -0.181. The number of rotatable bonds is 4. The van der Waals surface area contributed by atoms with Crippen LogP contribution >= 0.6 is 0 Å². The summed E-state index contributed by atoms with van der Waals surface area (Å²) in [6, 6.07) is 7.68. The van der Waals surface area contributed by atoms with Gasteiger partial charge in [0.25, 0.3) is 5.91 Å². The number of furan rings is 1. The summed E-state index contributed by atoms with van der Waals surface area (Å²) in [5.41, 5.74) is 1.46. The Morgan fingerprint density at radius 1 is 1.38 bits per heavy atom. The molecule has 0 bridgehead atoms. The van der Waals surface area contributed by atoms with Gasteiger partial charge in [-0.3, -0.25) is 4.79 Å². The van der Waals surface area contributed by atoms with Crippen LogP contribution in [-0.4, -0.2) is 35.6 Å². The van der Waals surface area contributed by atoms with E-state index in [1.165, 1.54) is 0 Å². The number of hydrogen-bond donors (Lipinski definition) is 1. The van der Waals surface area contributed by atoms with Gasteiger partial charge in [0.15, 0.2) is 0 Å². The van der Waals surface area contributed by atoms with Gasteiger partial charge in [-0.25, -0.2) is 0 Å². The Labute approximate surface area is 124 Å². The van der Waals surface area contributed by atoms with Gasteiger partial charge in [-0.15, -0.1) is 0 Å². The maximum atomic E-state index is 12.8. The molecule has 1 aliphatic rings. The largest absolute Gasteiger partial charge is 0.460 e. The first-order valence-corrected chi connectivity index (χ1v) is 7.54. The molecule has 0 spiro atoms. The van der Waals surface area contributed by atoms with Crippen LogP contribution in [0.5, 0.6) is 0 Å². The summed E-state index contributed by atoms with van der Waals surface area (Å²) in [7, 11) is 1.83. The molecule has 1 amide bonds. The van der Waals surface area contributed by atoms with E-state index in [9.17, 15) is 9.90 Å². The van der Waals surface area contributed by atoms with Crippen molar-refractivity contribution < 1.29 is 14.3 Å². The molecule has 1 heterocycles. The minimum Gasteiger partial charge on any atom is -0.460 e. The molecule has 1 aromatic heterocycles. The van der Waals surface area contributed by atoms with Gasteiger partial charge >= 0.3 is 0 Å². The molecule has 1 aliphatic carbocycles. The molecule has 21 heavy (non-hydrogen) atoms. The first kappa shape index (κ1) is 14.1. The lowest BCUT2D eigenvalue weighted by atomic mass is 9.82. The van der Waals surface area contributed by atoms with E-state index in [0.29, 0.717) is 24.4 Å². The number of amides is 1. The normalized spacial score (nSPS) is 21.3. The summed E-state index contributed by atoms with van der Waals surface area (Å²) < 4.78 is 5.79. The Balaban J connectivity index is 1.86. The lowest BCUT2D eigenvalue weighted by Crippen LogP contribution is -2.39. The van der Waals surface area contributed by atoms with Crippen LogP contribution in [0.4, 0.5) is 0 Å². The molecule has 1 fully saturated rings. The molecule has 112 valence electrons. The molecule has 4 nitrogen and oxygen atoms in total. The second-order valence-corrected chi connectivity index (χ2v) is 5.93. The zero-order valence-corrected chi connectivity index (χ0v) is 12.5. The number of benzene rings is 1. The average Bonchev–Trinajstić information content (AvgIpc) is 2.83. The van der Waals surface area contributed by atoms with Crippen molar-refractivity contribution >= 4 is 16.9 Å². The topological polar surface area (TPSA) is 53.7 Å². The van der Waals surface area contributed by atoms with E-state index < -0.39 is 0 Å². The van der Waals surface area contributed by atoms with E-state index in [-0.39, 0.29) is 12.0 Å². The third-order valence-electron chi connectivity index (χ3n) is 4.29. The summed E-state index contributed by atoms with van der Waals surface area (Å²) in [5.74, 6) is 1.18. The summed E-state index contributed by atoms with van der Waals surface area (Å²) in [6.07, 6.45) is 2.11. The zero-order chi connectivity index (χ0) is 15.0. The van der Waals surface area contributed by atoms with Crippen molar-refractivity contribution in [2.45, 2.75) is 32.3 Å². The molecule has 0 saturated heterocycles. The monoisotopic (exact) mass is 287 g/mol. The molecule has 1 N–H and O–H groups in total. The molecule has 0 radical (unpaired) electrons. The average molecular weight is 287 g/mol. The predicted molar refractivity (Wildman–Crippen MR) is 81.3 cm³/mol. The predicted octanol–water partition coefficient (Wildman–Crippen LogP) is 2.84. The van der Waals surface area contributed by atoms with Crippen molar-refractivity contribution in [2.75, 3.05) is 13.6 Å². The van der Waals surface area contributed by atoms with Crippen LogP contribution in [0.1, 0.15) is 35.9 Å². The lowest BCUT2D eigenvalue weighted by molar-refractivity contribution is 0.0265. The highest BCUT2D eigenvalue weighted by molar-refractivity contribution is 6.07. The van der Waals surface area contributed by atoms with Gasteiger partial charge in [0.1, 0.15) is 11.3 Å². The number of para-hydroxylation sites is 1. The van der Waals surface area contributed by atoms with Crippen molar-refractivity contribution in [3.05, 3.63) is 35.6 Å². The van der Waals surface area contributed by atoms with Crippen molar-refractivity contribution in [2.24, 2.45) is 5.92 Å². The maximum Gasteiger partial charge on any atom is 0.257 e. The third kappa shape index (κ3) is 2.56. The molecule has 0 aliphatic heterocycles. The molecule has 0 unspecified atom stereocenters. The summed E-state index contributed by atoms with van der Waals surface area (Å²) in [5, 5.41) is 10.2. The Morgan fingerprint density at radius 3 is 2.76 bits per heavy atom. The number of carbonyl (C=O) groups is 1. The molecular weight excluding hydrogens is 266 g/mol. The Morgan fingerprint density at radius 2 is 2.10 bits per heavy atom. The Hall–Kier alpha value is -1.81. The highest BCUT2D eigenvalue weighted by Gasteiger charge is 2.30. The lowest BCUT2D eigenvalue weighted by Gasteiger charge is -2.34. The number of aryl methyl sites for hydroxylation is 1. The standard InChI is InChI=1S/C17H21NO3/c1-3-14-16(13-6-4-5-7-15(13)21-14)17(20)18(2)10-11-8-12(19)9-11/h4-7,11-12,19H,3,8-10H2,1-2H3. The summed E-state index contributed by atoms with van der Waals surface area (Å²) in [4.78, 5) is 14.5. The summed E-state index contributed by atoms with van der Waals surface area (Å²) in [6.45, 7) is 2.69. The molecule has 4 heteroatoms. The zero-order valence-electron chi connectivity index (χ0n) is 12.5. The van der Waals surface area contributed by atoms with Gasteiger partial charge in [0.2, 0.25) is 0 Å². The second kappa shape index (κ2) is 5.53. The van der Waals surface area contributed by atoms with E-state index in [2.05, 4.69) is 0 Å². The first-order chi connectivity index (χ1) is 10.1. The highest BCUT2D eigenvalue weighted by Crippen LogP contribution is 2.30. The van der Waals surface area contributed by atoms with Gasteiger partial charge in [-0.2, -0.15) is 0 Å². The smallest absolute Gasteiger partial charge is 0.257 e. The van der Waals surface area contributed by atoms with E-state index in [4.69, 9.17) is 4.42 Å². The van der Waals surface area contributed by atoms with Crippen LogP contribution in [0.15, 0.2) is 28.7 Å². The van der Waals surface area contributed by atoms with Crippen molar-refractivity contribution in [1.82, 2.24) is 4.90 Å². The van der Waals surface area contributed by atoms with Crippen LogP contribution in [0.2, 0.25) is 0 Å². The van der Waals surface area contributed by atoms with Gasteiger partial charge in [0, 0.05) is 25.4 Å². The number of nitrogens with zero attached hydrogens (tertiary/aromatic N) is 1. The number of carbonyl (C=O) groups excluding carboxylic acids is 1. The van der Waals surface area contributed by atoms with Crippen molar-refractivity contribution in [1.29, 1.82) is 0 Å². The van der Waals surface area contributed by atoms with Crippen LogP contribution < -0.4 is 0 Å². The fraction of sp³-hybridized carbons (Fsp3) is 0.471. The van der Waals surface area contributed by atoms with Gasteiger partial charge in [0.05, 0.1) is 11.7 Å². The number of aliphatic hydroxyl groups excluding tert-OH is 1. The van der Waals surface area contributed by atoms with Crippen molar-refractivity contribution in [3.63, 3.8) is 0 Å². The number of fused-ring (bicyclic) bond motifs is 1.